The smallest absolute Gasteiger partial charge is 0.0351 e. The lowest BCUT2D eigenvalue weighted by atomic mass is 10.1. The molecule has 0 aromatic rings. The van der Waals surface area contributed by atoms with Crippen molar-refractivity contribution in [3.05, 3.63) is 24.3 Å². The molecule has 0 nitrogen and oxygen atoms in total. The molecule has 0 saturated heterocycles. The van der Waals surface area contributed by atoms with Crippen molar-refractivity contribution in [2.45, 2.75) is 129 Å². The van der Waals surface area contributed by atoms with Gasteiger partial charge in [-0.05, 0) is 51.4 Å². The Bertz CT molecular complexity index is 233. The lowest BCUT2D eigenvalue weighted by Crippen LogP contribution is -1.78. The van der Waals surface area contributed by atoms with E-state index in [1.54, 1.807) is 0 Å². The minimum atomic E-state index is 1.28. The van der Waals surface area contributed by atoms with Gasteiger partial charge in [0.2, 0.25) is 0 Å². The van der Waals surface area contributed by atoms with Crippen molar-refractivity contribution >= 4 is 0 Å². The van der Waals surface area contributed by atoms with Crippen LogP contribution in [-0.4, -0.2) is 0 Å². The molecule has 142 valence electrons. The monoisotopic (exact) mass is 334 g/mol. The van der Waals surface area contributed by atoms with Crippen molar-refractivity contribution in [2.75, 3.05) is 0 Å². The molecule has 0 N–H and O–H groups in total. The van der Waals surface area contributed by atoms with Gasteiger partial charge in [-0.2, -0.15) is 0 Å². The Morgan fingerprint density at radius 2 is 0.583 bits per heavy atom. The molecule has 0 aromatic heterocycles. The van der Waals surface area contributed by atoms with Gasteiger partial charge in [0, 0.05) is 0 Å². The summed E-state index contributed by atoms with van der Waals surface area (Å²) >= 11 is 0. The first-order valence-corrected chi connectivity index (χ1v) is 11.2. The van der Waals surface area contributed by atoms with Gasteiger partial charge in [0.05, 0.1) is 0 Å². The molecule has 0 unspecified atom stereocenters. The average molecular weight is 335 g/mol. The highest BCUT2D eigenvalue weighted by Gasteiger charge is 1.89. The van der Waals surface area contributed by atoms with Gasteiger partial charge < -0.3 is 0 Å². The van der Waals surface area contributed by atoms with Crippen LogP contribution >= 0.6 is 0 Å². The van der Waals surface area contributed by atoms with Gasteiger partial charge in [0.1, 0.15) is 0 Å². The van der Waals surface area contributed by atoms with Crippen LogP contribution in [-0.2, 0) is 0 Å². The molecule has 0 spiro atoms. The standard InChI is InChI=1S/C24H46/c1-3-5-7-9-11-13-15-17-19-21-23-24-22-20-18-16-14-12-10-8-6-4-2/h17-20H,3-16,21-24H2,1-2H3/b19-17+,20-18+. The van der Waals surface area contributed by atoms with Crippen LogP contribution in [0.15, 0.2) is 24.3 Å². The molecule has 0 aliphatic carbocycles. The average Bonchev–Trinajstić information content (AvgIpc) is 2.60. The maximum atomic E-state index is 2.41. The van der Waals surface area contributed by atoms with Crippen molar-refractivity contribution in [3.8, 4) is 0 Å². The van der Waals surface area contributed by atoms with Crippen LogP contribution in [0.2, 0.25) is 0 Å². The number of unbranched alkanes of at least 4 members (excludes halogenated alkanes) is 15. The fraction of sp³-hybridized carbons (Fsp3) is 0.833. The Balaban J connectivity index is 3.13. The number of hydrogen-bond acceptors (Lipinski definition) is 0. The van der Waals surface area contributed by atoms with Crippen LogP contribution in [0.1, 0.15) is 129 Å². The van der Waals surface area contributed by atoms with Gasteiger partial charge >= 0.3 is 0 Å². The van der Waals surface area contributed by atoms with Crippen molar-refractivity contribution < 1.29 is 0 Å². The molecule has 0 rings (SSSR count). The molecule has 0 atom stereocenters. The molecular formula is C24H46. The first-order chi connectivity index (χ1) is 11.9. The molecule has 0 aromatic carbocycles. The molecule has 0 heteroatoms. The van der Waals surface area contributed by atoms with Gasteiger partial charge in [-0.25, -0.2) is 0 Å². The largest absolute Gasteiger partial charge is 0.0885 e. The molecule has 0 saturated carbocycles. The van der Waals surface area contributed by atoms with Crippen LogP contribution in [0.4, 0.5) is 0 Å². The second-order valence-electron chi connectivity index (χ2n) is 7.34. The van der Waals surface area contributed by atoms with Gasteiger partial charge in [0.15, 0.2) is 0 Å². The molecule has 0 aliphatic rings. The van der Waals surface area contributed by atoms with E-state index in [-0.39, 0.29) is 0 Å². The molecule has 0 bridgehead atoms. The highest BCUT2D eigenvalue weighted by atomic mass is 14.0. The zero-order valence-corrected chi connectivity index (χ0v) is 17.0. The lowest BCUT2D eigenvalue weighted by molar-refractivity contribution is 0.610. The number of allylic oxidation sites excluding steroid dienone is 4. The Morgan fingerprint density at radius 3 is 0.917 bits per heavy atom. The zero-order chi connectivity index (χ0) is 17.6. The van der Waals surface area contributed by atoms with E-state index in [0.717, 1.165) is 0 Å². The molecule has 0 amide bonds. The van der Waals surface area contributed by atoms with E-state index in [0.29, 0.717) is 0 Å². The Morgan fingerprint density at radius 1 is 0.333 bits per heavy atom. The summed E-state index contributed by atoms with van der Waals surface area (Å²) in [6, 6.07) is 0. The summed E-state index contributed by atoms with van der Waals surface area (Å²) in [4.78, 5) is 0. The third kappa shape index (κ3) is 21.5. The van der Waals surface area contributed by atoms with Crippen LogP contribution in [0.3, 0.4) is 0 Å². The number of hydrogen-bond donors (Lipinski definition) is 0. The van der Waals surface area contributed by atoms with Gasteiger partial charge in [-0.1, -0.05) is 102 Å². The first-order valence-electron chi connectivity index (χ1n) is 11.2. The lowest BCUT2D eigenvalue weighted by Gasteiger charge is -1.98. The quantitative estimate of drug-likeness (QED) is 0.163. The summed E-state index contributed by atoms with van der Waals surface area (Å²) in [6.45, 7) is 4.57. The van der Waals surface area contributed by atoms with Gasteiger partial charge in [-0.3, -0.25) is 0 Å². The second-order valence-corrected chi connectivity index (χ2v) is 7.34. The molecule has 0 aliphatic heterocycles. The van der Waals surface area contributed by atoms with Crippen LogP contribution in [0.5, 0.6) is 0 Å². The molecule has 24 heavy (non-hydrogen) atoms. The molecule has 0 radical (unpaired) electrons. The van der Waals surface area contributed by atoms with E-state index < -0.39 is 0 Å². The molecular weight excluding hydrogens is 288 g/mol. The van der Waals surface area contributed by atoms with Crippen molar-refractivity contribution in [1.82, 2.24) is 0 Å². The predicted molar refractivity (Wildman–Crippen MR) is 113 cm³/mol. The SMILES string of the molecule is CCCCCCCC/C=C/CCCC/C=C/CCCCCCCC. The Labute approximate surface area is 154 Å². The van der Waals surface area contributed by atoms with E-state index in [9.17, 15) is 0 Å². The van der Waals surface area contributed by atoms with E-state index >= 15 is 0 Å². The summed E-state index contributed by atoms with van der Waals surface area (Å²) in [5.41, 5.74) is 0. The van der Waals surface area contributed by atoms with E-state index in [1.807, 2.05) is 0 Å². The van der Waals surface area contributed by atoms with Crippen molar-refractivity contribution in [1.29, 1.82) is 0 Å². The van der Waals surface area contributed by atoms with Crippen LogP contribution < -0.4 is 0 Å². The number of rotatable bonds is 19. The zero-order valence-electron chi connectivity index (χ0n) is 17.0. The summed E-state index contributed by atoms with van der Waals surface area (Å²) in [7, 11) is 0. The summed E-state index contributed by atoms with van der Waals surface area (Å²) in [5, 5.41) is 0. The highest BCUT2D eigenvalue weighted by molar-refractivity contribution is 4.84. The topological polar surface area (TPSA) is 0 Å². The summed E-state index contributed by atoms with van der Waals surface area (Å²) in [5.74, 6) is 0. The Kier molecular flexibility index (Phi) is 22.0. The first kappa shape index (κ1) is 23.5. The van der Waals surface area contributed by atoms with E-state index in [2.05, 4.69) is 38.2 Å². The maximum Gasteiger partial charge on any atom is -0.0351 e. The Hall–Kier alpha value is -0.520. The third-order valence-corrected chi connectivity index (χ3v) is 4.77. The summed E-state index contributed by atoms with van der Waals surface area (Å²) in [6.07, 6.45) is 34.4. The minimum Gasteiger partial charge on any atom is -0.0885 e. The highest BCUT2D eigenvalue weighted by Crippen LogP contribution is 2.09. The maximum absolute atomic E-state index is 2.41. The van der Waals surface area contributed by atoms with Crippen LogP contribution in [0.25, 0.3) is 0 Å². The fourth-order valence-corrected chi connectivity index (χ4v) is 3.08. The molecule has 0 heterocycles. The normalized spacial score (nSPS) is 11.9. The van der Waals surface area contributed by atoms with Crippen molar-refractivity contribution in [2.24, 2.45) is 0 Å². The van der Waals surface area contributed by atoms with Gasteiger partial charge in [-0.15, -0.1) is 0 Å². The van der Waals surface area contributed by atoms with E-state index in [1.165, 1.54) is 116 Å². The van der Waals surface area contributed by atoms with Crippen molar-refractivity contribution in [3.63, 3.8) is 0 Å². The van der Waals surface area contributed by atoms with E-state index in [4.69, 9.17) is 0 Å². The minimum absolute atomic E-state index is 1.28. The third-order valence-electron chi connectivity index (χ3n) is 4.77. The van der Waals surface area contributed by atoms with Gasteiger partial charge in [0.25, 0.3) is 0 Å². The predicted octanol–water partition coefficient (Wildman–Crippen LogP) is 9.16. The second kappa shape index (κ2) is 22.5. The van der Waals surface area contributed by atoms with Crippen LogP contribution in [0, 0.1) is 0 Å². The fourth-order valence-electron chi connectivity index (χ4n) is 3.08. The summed E-state index contributed by atoms with van der Waals surface area (Å²) < 4.78 is 0. The molecule has 0 fully saturated rings.